The number of hydrogen-bond donors (Lipinski definition) is 0. The average molecular weight is 402 g/mol. The van der Waals surface area contributed by atoms with Crippen molar-refractivity contribution in [3.8, 4) is 17.1 Å². The third kappa shape index (κ3) is 4.59. The van der Waals surface area contributed by atoms with Crippen molar-refractivity contribution in [2.24, 2.45) is 11.3 Å². The number of methoxy groups -OCH3 is 1. The SMILES string of the molecule is COc1ccc(-c2nnc(SCC(=O)C(C)(C)C)n2[C@H]2CCCC[C@H]2C)cc1. The summed E-state index contributed by atoms with van der Waals surface area (Å²) in [5.41, 5.74) is 0.689. The normalized spacial score (nSPS) is 20.2. The van der Waals surface area contributed by atoms with Crippen molar-refractivity contribution >= 4 is 17.5 Å². The van der Waals surface area contributed by atoms with Crippen molar-refractivity contribution in [2.75, 3.05) is 12.9 Å². The molecule has 0 spiro atoms. The van der Waals surface area contributed by atoms with Crippen LogP contribution in [0.25, 0.3) is 11.4 Å². The molecule has 5 nitrogen and oxygen atoms in total. The van der Waals surface area contributed by atoms with E-state index in [2.05, 4.69) is 21.7 Å². The van der Waals surface area contributed by atoms with Crippen molar-refractivity contribution in [1.29, 1.82) is 0 Å². The zero-order chi connectivity index (χ0) is 20.3. The van der Waals surface area contributed by atoms with Gasteiger partial charge in [-0.05, 0) is 43.0 Å². The first kappa shape index (κ1) is 20.9. The van der Waals surface area contributed by atoms with Gasteiger partial charge in [0.05, 0.1) is 12.9 Å². The third-order valence-corrected chi connectivity index (χ3v) is 6.52. The highest BCUT2D eigenvalue weighted by atomic mass is 32.2. The molecule has 0 unspecified atom stereocenters. The number of thioether (sulfide) groups is 1. The molecule has 152 valence electrons. The minimum absolute atomic E-state index is 0.231. The molecule has 0 radical (unpaired) electrons. The first-order valence-electron chi connectivity index (χ1n) is 10.1. The van der Waals surface area contributed by atoms with E-state index in [4.69, 9.17) is 4.74 Å². The average Bonchev–Trinajstić information content (AvgIpc) is 3.09. The summed E-state index contributed by atoms with van der Waals surface area (Å²) in [4.78, 5) is 12.4. The Morgan fingerprint density at radius 1 is 1.18 bits per heavy atom. The summed E-state index contributed by atoms with van der Waals surface area (Å²) in [5.74, 6) is 2.93. The van der Waals surface area contributed by atoms with Crippen LogP contribution in [0.3, 0.4) is 0 Å². The Balaban J connectivity index is 1.95. The van der Waals surface area contributed by atoms with Gasteiger partial charge in [0, 0.05) is 17.0 Å². The minimum Gasteiger partial charge on any atom is -0.497 e. The Kier molecular flexibility index (Phi) is 6.48. The van der Waals surface area contributed by atoms with Gasteiger partial charge in [0.25, 0.3) is 0 Å². The third-order valence-electron chi connectivity index (χ3n) is 5.58. The second-order valence-electron chi connectivity index (χ2n) is 8.70. The fraction of sp³-hybridized carbons (Fsp3) is 0.591. The van der Waals surface area contributed by atoms with E-state index in [1.165, 1.54) is 31.0 Å². The zero-order valence-corrected chi connectivity index (χ0v) is 18.4. The summed E-state index contributed by atoms with van der Waals surface area (Å²) in [6, 6.07) is 8.33. The van der Waals surface area contributed by atoms with Gasteiger partial charge in [-0.15, -0.1) is 10.2 Å². The monoisotopic (exact) mass is 401 g/mol. The van der Waals surface area contributed by atoms with Gasteiger partial charge in [-0.2, -0.15) is 0 Å². The number of rotatable bonds is 6. The lowest BCUT2D eigenvalue weighted by molar-refractivity contribution is -0.123. The van der Waals surface area contributed by atoms with E-state index in [-0.39, 0.29) is 11.2 Å². The highest BCUT2D eigenvalue weighted by Gasteiger charge is 2.29. The molecule has 1 aliphatic rings. The first-order chi connectivity index (χ1) is 13.3. The Morgan fingerprint density at radius 2 is 1.86 bits per heavy atom. The van der Waals surface area contributed by atoms with Crippen molar-refractivity contribution < 1.29 is 9.53 Å². The predicted molar refractivity (Wildman–Crippen MR) is 114 cm³/mol. The van der Waals surface area contributed by atoms with Gasteiger partial charge in [-0.3, -0.25) is 9.36 Å². The maximum atomic E-state index is 12.4. The lowest BCUT2D eigenvalue weighted by Gasteiger charge is -2.31. The highest BCUT2D eigenvalue weighted by Crippen LogP contribution is 2.39. The second-order valence-corrected chi connectivity index (χ2v) is 9.64. The molecule has 0 N–H and O–H groups in total. The molecular formula is C22H31N3O2S. The van der Waals surface area contributed by atoms with Gasteiger partial charge in [0.2, 0.25) is 0 Å². The van der Waals surface area contributed by atoms with E-state index < -0.39 is 0 Å². The number of carbonyl (C=O) groups is 1. The molecule has 0 bridgehead atoms. The molecule has 1 fully saturated rings. The largest absolute Gasteiger partial charge is 0.497 e. The summed E-state index contributed by atoms with van der Waals surface area (Å²) in [6.07, 6.45) is 4.85. The van der Waals surface area contributed by atoms with E-state index in [0.717, 1.165) is 28.7 Å². The van der Waals surface area contributed by atoms with Crippen LogP contribution in [0.4, 0.5) is 0 Å². The molecule has 2 aromatic rings. The molecule has 1 aliphatic carbocycles. The Bertz CT molecular complexity index is 808. The maximum absolute atomic E-state index is 12.4. The molecule has 28 heavy (non-hydrogen) atoms. The molecule has 0 aliphatic heterocycles. The quantitative estimate of drug-likeness (QED) is 0.606. The van der Waals surface area contributed by atoms with Gasteiger partial charge in [0.15, 0.2) is 11.0 Å². The summed E-state index contributed by atoms with van der Waals surface area (Å²) < 4.78 is 7.57. The van der Waals surface area contributed by atoms with Crippen LogP contribution in [0.15, 0.2) is 29.4 Å². The van der Waals surface area contributed by atoms with Crippen LogP contribution in [0.1, 0.15) is 59.4 Å². The van der Waals surface area contributed by atoms with E-state index in [9.17, 15) is 4.79 Å². The standard InChI is InChI=1S/C22H31N3O2S/c1-15-8-6-7-9-18(15)25-20(16-10-12-17(27-5)13-11-16)23-24-21(25)28-14-19(26)22(2,3)4/h10-13,15,18H,6-9,14H2,1-5H3/t15-,18+/m1/s1. The molecule has 6 heteroatoms. The number of carbonyl (C=O) groups excluding carboxylic acids is 1. The Hall–Kier alpha value is -1.82. The summed E-state index contributed by atoms with van der Waals surface area (Å²) in [5, 5.41) is 9.87. The predicted octanol–water partition coefficient (Wildman–Crippen LogP) is 5.41. The summed E-state index contributed by atoms with van der Waals surface area (Å²) in [7, 11) is 1.67. The molecule has 0 saturated heterocycles. The van der Waals surface area contributed by atoms with Crippen LogP contribution in [0, 0.1) is 11.3 Å². The molecule has 2 atom stereocenters. The number of ketones is 1. The molecule has 3 rings (SSSR count). The molecule has 1 aromatic heterocycles. The summed E-state index contributed by atoms with van der Waals surface area (Å²) >= 11 is 1.52. The first-order valence-corrected chi connectivity index (χ1v) is 11.0. The van der Waals surface area contributed by atoms with Gasteiger partial charge in [-0.25, -0.2) is 0 Å². The number of hydrogen-bond acceptors (Lipinski definition) is 5. The number of Topliss-reactive ketones (excluding diaryl/α,β-unsaturated/α-hetero) is 1. The Labute approximate surface area is 172 Å². The molecule has 1 saturated carbocycles. The fourth-order valence-corrected chi connectivity index (χ4v) is 4.79. The van der Waals surface area contributed by atoms with Crippen LogP contribution in [0.5, 0.6) is 5.75 Å². The summed E-state index contributed by atoms with van der Waals surface area (Å²) in [6.45, 7) is 8.21. The number of aromatic nitrogens is 3. The number of benzene rings is 1. The van der Waals surface area contributed by atoms with Crippen molar-refractivity contribution in [1.82, 2.24) is 14.8 Å². The van der Waals surface area contributed by atoms with Crippen molar-refractivity contribution in [2.45, 2.75) is 64.6 Å². The minimum atomic E-state index is -0.338. The molecule has 1 heterocycles. The van der Waals surface area contributed by atoms with E-state index in [1.807, 2.05) is 45.0 Å². The van der Waals surface area contributed by atoms with Gasteiger partial charge in [0.1, 0.15) is 11.5 Å². The highest BCUT2D eigenvalue weighted by molar-refractivity contribution is 7.99. The smallest absolute Gasteiger partial charge is 0.192 e. The number of ether oxygens (including phenoxy) is 1. The fourth-order valence-electron chi connectivity index (χ4n) is 3.64. The van der Waals surface area contributed by atoms with Crippen LogP contribution >= 0.6 is 11.8 Å². The molecule has 1 aromatic carbocycles. The molecule has 0 amide bonds. The maximum Gasteiger partial charge on any atom is 0.192 e. The topological polar surface area (TPSA) is 57.0 Å². The van der Waals surface area contributed by atoms with Crippen LogP contribution in [0.2, 0.25) is 0 Å². The van der Waals surface area contributed by atoms with Crippen LogP contribution < -0.4 is 4.74 Å². The molecular weight excluding hydrogens is 370 g/mol. The Morgan fingerprint density at radius 3 is 2.46 bits per heavy atom. The van der Waals surface area contributed by atoms with Crippen molar-refractivity contribution in [3.05, 3.63) is 24.3 Å². The van der Waals surface area contributed by atoms with E-state index in [0.29, 0.717) is 17.7 Å². The van der Waals surface area contributed by atoms with Crippen LogP contribution in [-0.4, -0.2) is 33.4 Å². The lowest BCUT2D eigenvalue weighted by Crippen LogP contribution is -2.24. The lowest BCUT2D eigenvalue weighted by atomic mass is 9.85. The second kappa shape index (κ2) is 8.68. The number of nitrogens with zero attached hydrogens (tertiary/aromatic N) is 3. The van der Waals surface area contributed by atoms with Gasteiger partial charge in [-0.1, -0.05) is 52.3 Å². The van der Waals surface area contributed by atoms with Crippen molar-refractivity contribution in [3.63, 3.8) is 0 Å². The van der Waals surface area contributed by atoms with Crippen LogP contribution in [-0.2, 0) is 4.79 Å². The van der Waals surface area contributed by atoms with E-state index in [1.54, 1.807) is 7.11 Å². The van der Waals surface area contributed by atoms with Gasteiger partial charge >= 0.3 is 0 Å². The zero-order valence-electron chi connectivity index (χ0n) is 17.6. The van der Waals surface area contributed by atoms with E-state index >= 15 is 0 Å². The van der Waals surface area contributed by atoms with Gasteiger partial charge < -0.3 is 4.74 Å².